The summed E-state index contributed by atoms with van der Waals surface area (Å²) in [5.74, 6) is 1.13. The molecule has 2 saturated heterocycles. The molecule has 11 heteroatoms. The van der Waals surface area contributed by atoms with Crippen molar-refractivity contribution in [2.24, 2.45) is 4.99 Å². The van der Waals surface area contributed by atoms with Gasteiger partial charge in [-0.15, -0.1) is 0 Å². The van der Waals surface area contributed by atoms with Gasteiger partial charge in [-0.25, -0.2) is 9.97 Å². The lowest BCUT2D eigenvalue weighted by Crippen LogP contribution is -2.54. The lowest BCUT2D eigenvalue weighted by atomic mass is 10.0. The van der Waals surface area contributed by atoms with Crippen LogP contribution in [0.2, 0.25) is 0 Å². The molecule has 2 amide bonds. The third kappa shape index (κ3) is 4.28. The molecule has 6 heterocycles. The molecular formula is C25H29N7O4. The van der Waals surface area contributed by atoms with Crippen molar-refractivity contribution in [1.82, 2.24) is 19.8 Å². The second-order valence-electron chi connectivity index (χ2n) is 9.62. The van der Waals surface area contributed by atoms with Crippen LogP contribution in [0, 0.1) is 0 Å². The highest BCUT2D eigenvalue weighted by Gasteiger charge is 2.40. The summed E-state index contributed by atoms with van der Waals surface area (Å²) >= 11 is 0. The number of piperazine rings is 1. The second kappa shape index (κ2) is 9.47. The number of carbonyl (C=O) groups excluding carboxylic acids is 2. The number of rotatable bonds is 0. The third-order valence-electron chi connectivity index (χ3n) is 7.30. The van der Waals surface area contributed by atoms with Gasteiger partial charge < -0.3 is 25.0 Å². The number of nitrogens with one attached hydrogen (secondary N) is 1. The maximum absolute atomic E-state index is 13.4. The van der Waals surface area contributed by atoms with Crippen LogP contribution >= 0.6 is 0 Å². The minimum atomic E-state index is -0.615. The van der Waals surface area contributed by atoms with Crippen LogP contribution < -0.4 is 15.0 Å². The van der Waals surface area contributed by atoms with E-state index in [0.717, 1.165) is 6.42 Å². The van der Waals surface area contributed by atoms with E-state index in [2.05, 4.69) is 30.1 Å². The van der Waals surface area contributed by atoms with Crippen LogP contribution in [0.4, 0.5) is 17.3 Å². The van der Waals surface area contributed by atoms with Crippen LogP contribution in [0.15, 0.2) is 35.6 Å². The molecule has 0 saturated carbocycles. The first-order valence-electron chi connectivity index (χ1n) is 12.5. The first-order valence-corrected chi connectivity index (χ1v) is 12.5. The Balaban J connectivity index is 1.34. The van der Waals surface area contributed by atoms with E-state index in [9.17, 15) is 14.7 Å². The van der Waals surface area contributed by atoms with E-state index in [1.54, 1.807) is 6.21 Å². The first-order chi connectivity index (χ1) is 17.6. The van der Waals surface area contributed by atoms with E-state index in [4.69, 9.17) is 4.74 Å². The number of aromatic nitrogens is 2. The molecule has 36 heavy (non-hydrogen) atoms. The molecule has 0 spiro atoms. The molecule has 5 aliphatic rings. The maximum Gasteiger partial charge on any atom is 0.240 e. The van der Waals surface area contributed by atoms with Crippen molar-refractivity contribution in [1.29, 1.82) is 0 Å². The summed E-state index contributed by atoms with van der Waals surface area (Å²) in [7, 11) is 0. The molecule has 5 aliphatic heterocycles. The zero-order valence-corrected chi connectivity index (χ0v) is 19.9. The first kappa shape index (κ1) is 22.9. The molecule has 3 atom stereocenters. The van der Waals surface area contributed by atoms with Gasteiger partial charge in [0, 0.05) is 51.5 Å². The Kier molecular flexibility index (Phi) is 6.02. The zero-order valence-electron chi connectivity index (χ0n) is 19.9. The number of benzene rings is 1. The van der Waals surface area contributed by atoms with Gasteiger partial charge in [-0.2, -0.15) is 0 Å². The molecule has 188 valence electrons. The Morgan fingerprint density at radius 2 is 1.89 bits per heavy atom. The van der Waals surface area contributed by atoms with Gasteiger partial charge in [0.15, 0.2) is 0 Å². The topological polar surface area (TPSA) is 123 Å². The van der Waals surface area contributed by atoms with Gasteiger partial charge in [0.05, 0.1) is 30.0 Å². The number of hydrogen-bond acceptors (Lipinski definition) is 9. The van der Waals surface area contributed by atoms with Crippen LogP contribution in [-0.2, 0) is 9.59 Å². The molecule has 11 nitrogen and oxygen atoms in total. The van der Waals surface area contributed by atoms with Crippen molar-refractivity contribution in [3.05, 3.63) is 36.2 Å². The minimum Gasteiger partial charge on any atom is -0.493 e. The number of anilines is 2. The van der Waals surface area contributed by atoms with Gasteiger partial charge in [0.25, 0.3) is 0 Å². The molecule has 7 rings (SSSR count). The van der Waals surface area contributed by atoms with Crippen LogP contribution in [0.5, 0.6) is 5.75 Å². The van der Waals surface area contributed by atoms with Crippen LogP contribution in [-0.4, -0.2) is 101 Å². The highest BCUT2D eigenvalue weighted by molar-refractivity contribution is 6.13. The van der Waals surface area contributed by atoms with Crippen molar-refractivity contribution in [2.45, 2.75) is 30.9 Å². The van der Waals surface area contributed by atoms with Gasteiger partial charge in [0.1, 0.15) is 29.6 Å². The number of fused-ring (bicyclic) bond motifs is 5. The number of hydrogen-bond donors (Lipinski definition) is 2. The predicted octanol–water partition coefficient (Wildman–Crippen LogP) is 0.781. The fraction of sp³-hybridized carbons (Fsp3) is 0.480. The molecular weight excluding hydrogens is 462 g/mol. The lowest BCUT2D eigenvalue weighted by molar-refractivity contribution is -0.136. The molecule has 1 aromatic heterocycles. The Morgan fingerprint density at radius 3 is 2.75 bits per heavy atom. The van der Waals surface area contributed by atoms with Crippen LogP contribution in [0.1, 0.15) is 24.3 Å². The van der Waals surface area contributed by atoms with Gasteiger partial charge in [0.2, 0.25) is 11.8 Å². The number of aliphatic hydroxyl groups excluding tert-OH is 1. The molecule has 0 radical (unpaired) electrons. The Labute approximate surface area is 208 Å². The number of ether oxygens (including phenoxy) is 1. The van der Waals surface area contributed by atoms with Crippen LogP contribution in [0.25, 0.3) is 0 Å². The van der Waals surface area contributed by atoms with Crippen molar-refractivity contribution >= 4 is 35.4 Å². The van der Waals surface area contributed by atoms with Crippen LogP contribution in [0.3, 0.4) is 0 Å². The molecule has 2 aromatic rings. The van der Waals surface area contributed by atoms with Gasteiger partial charge in [-0.05, 0) is 25.0 Å². The number of amides is 2. The lowest BCUT2D eigenvalue weighted by Gasteiger charge is -2.38. The highest BCUT2D eigenvalue weighted by atomic mass is 16.5. The Bertz CT molecular complexity index is 1200. The quantitative estimate of drug-likeness (QED) is 0.554. The number of aliphatic hydroxyl groups is 1. The van der Waals surface area contributed by atoms with Crippen molar-refractivity contribution in [3.63, 3.8) is 0 Å². The van der Waals surface area contributed by atoms with E-state index < -0.39 is 12.0 Å². The van der Waals surface area contributed by atoms with Crippen molar-refractivity contribution in [2.75, 3.05) is 56.1 Å². The minimum absolute atomic E-state index is 0.0625. The summed E-state index contributed by atoms with van der Waals surface area (Å²) in [6.07, 6.45) is 3.78. The summed E-state index contributed by atoms with van der Waals surface area (Å²) in [6, 6.07) is 7.12. The monoisotopic (exact) mass is 491 g/mol. The zero-order chi connectivity index (χ0) is 24.6. The number of nitrogens with zero attached hydrogens (tertiary/aromatic N) is 6. The summed E-state index contributed by atoms with van der Waals surface area (Å²) in [6.45, 7) is 3.95. The van der Waals surface area contributed by atoms with Gasteiger partial charge in [-0.3, -0.25) is 19.5 Å². The van der Waals surface area contributed by atoms with Gasteiger partial charge in [-0.1, -0.05) is 6.07 Å². The largest absolute Gasteiger partial charge is 0.493 e. The Morgan fingerprint density at radius 1 is 1.06 bits per heavy atom. The summed E-state index contributed by atoms with van der Waals surface area (Å²) in [5.41, 5.74) is 1.40. The smallest absolute Gasteiger partial charge is 0.240 e. The van der Waals surface area contributed by atoms with E-state index >= 15 is 0 Å². The SMILES string of the molecule is O=C1Nc2ncnc3c2C1C=Nc1cccc(c1)OCCCN1C[C@H](O)C[C@@H]1C(=O)N1CCN3CC1. The van der Waals surface area contributed by atoms with Gasteiger partial charge >= 0.3 is 0 Å². The fourth-order valence-corrected chi connectivity index (χ4v) is 5.50. The molecule has 1 unspecified atom stereocenters. The maximum atomic E-state index is 13.4. The molecule has 4 bridgehead atoms. The predicted molar refractivity (Wildman–Crippen MR) is 133 cm³/mol. The highest BCUT2D eigenvalue weighted by Crippen LogP contribution is 2.37. The standard InChI is InChI=1S/C25H29N7O4/c33-17-12-20-25(35)31-8-6-30(7-9-31)23-21-19(24(34)29-22(21)27-15-28-23)13-26-16-3-1-4-18(11-16)36-10-2-5-32(20)14-17/h1,3-4,11,13,15,17,19-20,33H,2,5-10,12,14H2,(H,27,28,29,34)/t17-,19?,20-/m1/s1. The van der Waals surface area contributed by atoms with E-state index in [-0.39, 0.29) is 17.9 Å². The second-order valence-corrected chi connectivity index (χ2v) is 9.62. The molecule has 1 aromatic carbocycles. The van der Waals surface area contributed by atoms with E-state index in [0.29, 0.717) is 80.9 Å². The number of aliphatic imine (C=N–C) groups is 1. The summed E-state index contributed by atoms with van der Waals surface area (Å²) in [5, 5.41) is 13.2. The number of carbonyl (C=O) groups is 2. The molecule has 0 aliphatic carbocycles. The Hall–Kier alpha value is -3.57. The average molecular weight is 492 g/mol. The van der Waals surface area contributed by atoms with Crippen molar-refractivity contribution in [3.8, 4) is 5.75 Å². The summed E-state index contributed by atoms with van der Waals surface area (Å²) < 4.78 is 5.94. The summed E-state index contributed by atoms with van der Waals surface area (Å²) in [4.78, 5) is 45.7. The average Bonchev–Trinajstić information content (AvgIpc) is 3.43. The fourth-order valence-electron chi connectivity index (χ4n) is 5.50. The molecule has 2 N–H and O–H groups in total. The van der Waals surface area contributed by atoms with Crippen molar-refractivity contribution < 1.29 is 19.4 Å². The molecule has 2 fully saturated rings. The van der Waals surface area contributed by atoms with E-state index in [1.807, 2.05) is 29.2 Å². The third-order valence-corrected chi connectivity index (χ3v) is 7.30. The normalized spacial score (nSPS) is 26.5. The van der Waals surface area contributed by atoms with E-state index in [1.165, 1.54) is 6.33 Å².